The molecule has 0 spiro atoms. The van der Waals surface area contributed by atoms with Gasteiger partial charge in [-0.1, -0.05) is 19.1 Å². The molecule has 0 aliphatic rings. The number of nitrogen functional groups attached to an aromatic ring is 1. The summed E-state index contributed by atoms with van der Waals surface area (Å²) in [6.45, 7) is 4.56. The molecule has 2 aromatic carbocycles. The minimum absolute atomic E-state index is 0.239. The Labute approximate surface area is 179 Å². The fraction of sp³-hybridized carbons (Fsp3) is 0.217. The van der Waals surface area contributed by atoms with E-state index in [0.29, 0.717) is 46.6 Å². The summed E-state index contributed by atoms with van der Waals surface area (Å²) in [5.74, 6) is -0.455. The summed E-state index contributed by atoms with van der Waals surface area (Å²) in [7, 11) is 0. The zero-order valence-corrected chi connectivity index (χ0v) is 17.4. The van der Waals surface area contributed by atoms with Crippen molar-refractivity contribution in [2.45, 2.75) is 20.3 Å². The first-order chi connectivity index (χ1) is 15.0. The van der Waals surface area contributed by atoms with Crippen LogP contribution in [0.2, 0.25) is 0 Å². The maximum Gasteiger partial charge on any atom is 0.338 e. The molecule has 2 heterocycles. The molecule has 0 fully saturated rings. The number of anilines is 1. The van der Waals surface area contributed by atoms with E-state index in [1.807, 2.05) is 31.2 Å². The number of nitrogens with zero attached hydrogens (tertiary/aromatic N) is 3. The molecule has 4 aromatic rings. The lowest BCUT2D eigenvalue weighted by atomic mass is 10.2. The van der Waals surface area contributed by atoms with Crippen LogP contribution in [0, 0.1) is 0 Å². The number of para-hydroxylation sites is 2. The minimum Gasteiger partial charge on any atom is -0.462 e. The lowest BCUT2D eigenvalue weighted by Gasteiger charge is -2.09. The first kappa shape index (κ1) is 20.3. The number of aromatic nitrogens is 3. The normalized spacial score (nSPS) is 11.0. The van der Waals surface area contributed by atoms with Gasteiger partial charge in [0.25, 0.3) is 5.91 Å². The molecular formula is C23H23N5O3. The maximum atomic E-state index is 12.9. The molecule has 4 rings (SSSR count). The standard InChI is InChI=1S/C23H23N5O3/c1-3-13-25-22(29)18-19-21(27-17-8-6-5-7-16(17)26-19)28(20(18)24)15-11-9-14(10-12-15)23(30)31-4-2/h5-12H,3-4,13,24H2,1-2H3,(H,25,29). The third-order valence-corrected chi connectivity index (χ3v) is 4.90. The molecule has 0 saturated heterocycles. The molecule has 0 unspecified atom stereocenters. The third kappa shape index (κ3) is 3.68. The highest BCUT2D eigenvalue weighted by Crippen LogP contribution is 2.31. The van der Waals surface area contributed by atoms with Gasteiger partial charge in [0.15, 0.2) is 5.65 Å². The zero-order chi connectivity index (χ0) is 22.0. The predicted octanol–water partition coefficient (Wildman–Crippen LogP) is 3.47. The van der Waals surface area contributed by atoms with Gasteiger partial charge in [0.1, 0.15) is 16.9 Å². The second-order valence-corrected chi connectivity index (χ2v) is 7.00. The van der Waals surface area contributed by atoms with Crippen LogP contribution in [0.25, 0.3) is 27.9 Å². The van der Waals surface area contributed by atoms with Crippen LogP contribution < -0.4 is 11.1 Å². The number of nitrogens with one attached hydrogen (secondary N) is 1. The highest BCUT2D eigenvalue weighted by molar-refractivity contribution is 6.11. The first-order valence-electron chi connectivity index (χ1n) is 10.2. The fourth-order valence-corrected chi connectivity index (χ4v) is 3.43. The summed E-state index contributed by atoms with van der Waals surface area (Å²) >= 11 is 0. The molecule has 0 aliphatic heterocycles. The van der Waals surface area contributed by atoms with Crippen molar-refractivity contribution in [1.82, 2.24) is 19.9 Å². The van der Waals surface area contributed by atoms with Gasteiger partial charge in [-0.15, -0.1) is 0 Å². The molecular weight excluding hydrogens is 394 g/mol. The van der Waals surface area contributed by atoms with Gasteiger partial charge in [0.2, 0.25) is 0 Å². The Morgan fingerprint density at radius 3 is 2.35 bits per heavy atom. The van der Waals surface area contributed by atoms with Gasteiger partial charge in [0.05, 0.1) is 23.2 Å². The summed E-state index contributed by atoms with van der Waals surface area (Å²) in [4.78, 5) is 34.3. The second kappa shape index (κ2) is 8.43. The Morgan fingerprint density at radius 1 is 1.03 bits per heavy atom. The maximum absolute atomic E-state index is 12.9. The second-order valence-electron chi connectivity index (χ2n) is 7.00. The van der Waals surface area contributed by atoms with Crippen molar-refractivity contribution in [3.05, 3.63) is 59.7 Å². The Hall–Kier alpha value is -3.94. The third-order valence-electron chi connectivity index (χ3n) is 4.90. The molecule has 3 N–H and O–H groups in total. The van der Waals surface area contributed by atoms with Crippen LogP contribution in [0.3, 0.4) is 0 Å². The molecule has 0 bridgehead atoms. The number of ether oxygens (including phenoxy) is 1. The van der Waals surface area contributed by atoms with Crippen LogP contribution in [0.15, 0.2) is 48.5 Å². The van der Waals surface area contributed by atoms with Crippen molar-refractivity contribution in [2.24, 2.45) is 0 Å². The van der Waals surface area contributed by atoms with Crippen LogP contribution in [-0.4, -0.2) is 39.6 Å². The molecule has 0 radical (unpaired) electrons. The minimum atomic E-state index is -0.398. The SMILES string of the molecule is CCCNC(=O)c1c(N)n(-c2ccc(C(=O)OCC)cc2)c2nc3ccccc3nc12. The molecule has 8 heteroatoms. The van der Waals surface area contributed by atoms with Crippen LogP contribution >= 0.6 is 0 Å². The van der Waals surface area contributed by atoms with E-state index in [1.54, 1.807) is 35.8 Å². The molecule has 2 aromatic heterocycles. The van der Waals surface area contributed by atoms with E-state index in [9.17, 15) is 9.59 Å². The lowest BCUT2D eigenvalue weighted by Crippen LogP contribution is -2.25. The quantitative estimate of drug-likeness (QED) is 0.465. The molecule has 8 nitrogen and oxygen atoms in total. The highest BCUT2D eigenvalue weighted by Gasteiger charge is 2.24. The molecule has 0 atom stereocenters. The van der Waals surface area contributed by atoms with Crippen LogP contribution in [0.4, 0.5) is 5.82 Å². The number of hydrogen-bond acceptors (Lipinski definition) is 6. The van der Waals surface area contributed by atoms with Crippen LogP contribution in [0.1, 0.15) is 41.0 Å². The Kier molecular flexibility index (Phi) is 5.53. The van der Waals surface area contributed by atoms with Gasteiger partial charge in [-0.2, -0.15) is 0 Å². The topological polar surface area (TPSA) is 112 Å². The van der Waals surface area contributed by atoms with E-state index in [2.05, 4.69) is 10.3 Å². The lowest BCUT2D eigenvalue weighted by molar-refractivity contribution is 0.0526. The number of nitrogens with two attached hydrogens (primary N) is 1. The summed E-state index contributed by atoms with van der Waals surface area (Å²) in [5.41, 5.74) is 10.1. The number of benzene rings is 2. The summed E-state index contributed by atoms with van der Waals surface area (Å²) in [6, 6.07) is 14.2. The Morgan fingerprint density at radius 2 is 1.71 bits per heavy atom. The average molecular weight is 417 g/mol. The van der Waals surface area contributed by atoms with Crippen molar-refractivity contribution in [1.29, 1.82) is 0 Å². The van der Waals surface area contributed by atoms with E-state index in [1.165, 1.54) is 0 Å². The molecule has 31 heavy (non-hydrogen) atoms. The van der Waals surface area contributed by atoms with Gasteiger partial charge >= 0.3 is 5.97 Å². The van der Waals surface area contributed by atoms with Gasteiger partial charge in [0, 0.05) is 12.2 Å². The van der Waals surface area contributed by atoms with Crippen LogP contribution in [-0.2, 0) is 4.74 Å². The first-order valence-corrected chi connectivity index (χ1v) is 10.2. The number of carbonyl (C=O) groups excluding carboxylic acids is 2. The van der Waals surface area contributed by atoms with E-state index in [0.717, 1.165) is 6.42 Å². The van der Waals surface area contributed by atoms with Crippen molar-refractivity contribution in [3.63, 3.8) is 0 Å². The van der Waals surface area contributed by atoms with Gasteiger partial charge in [-0.3, -0.25) is 9.36 Å². The van der Waals surface area contributed by atoms with Gasteiger partial charge in [-0.05, 0) is 49.7 Å². The number of esters is 1. The monoisotopic (exact) mass is 417 g/mol. The Balaban J connectivity index is 1.91. The smallest absolute Gasteiger partial charge is 0.338 e. The molecule has 158 valence electrons. The number of rotatable bonds is 6. The van der Waals surface area contributed by atoms with Gasteiger partial charge < -0.3 is 15.8 Å². The number of amides is 1. The molecule has 0 aliphatic carbocycles. The van der Waals surface area contributed by atoms with E-state index in [4.69, 9.17) is 15.5 Å². The number of fused-ring (bicyclic) bond motifs is 2. The highest BCUT2D eigenvalue weighted by atomic mass is 16.5. The number of hydrogen-bond donors (Lipinski definition) is 2. The molecule has 0 saturated carbocycles. The fourth-order valence-electron chi connectivity index (χ4n) is 3.43. The summed E-state index contributed by atoms with van der Waals surface area (Å²) < 4.78 is 6.73. The predicted molar refractivity (Wildman–Crippen MR) is 119 cm³/mol. The number of carbonyl (C=O) groups is 2. The van der Waals surface area contributed by atoms with E-state index < -0.39 is 5.97 Å². The summed E-state index contributed by atoms with van der Waals surface area (Å²) in [5, 5.41) is 2.87. The van der Waals surface area contributed by atoms with Gasteiger partial charge in [-0.25, -0.2) is 14.8 Å². The largest absolute Gasteiger partial charge is 0.462 e. The van der Waals surface area contributed by atoms with Crippen LogP contribution in [0.5, 0.6) is 0 Å². The van der Waals surface area contributed by atoms with E-state index in [-0.39, 0.29) is 17.3 Å². The van der Waals surface area contributed by atoms with E-state index >= 15 is 0 Å². The average Bonchev–Trinajstić information content (AvgIpc) is 3.06. The van der Waals surface area contributed by atoms with Crippen molar-refractivity contribution >= 4 is 39.9 Å². The zero-order valence-electron chi connectivity index (χ0n) is 17.4. The Bertz CT molecular complexity index is 1280. The summed E-state index contributed by atoms with van der Waals surface area (Å²) in [6.07, 6.45) is 0.800. The van der Waals surface area contributed by atoms with Crippen molar-refractivity contribution in [3.8, 4) is 5.69 Å². The van der Waals surface area contributed by atoms with Crippen molar-refractivity contribution < 1.29 is 14.3 Å². The molecule has 1 amide bonds. The van der Waals surface area contributed by atoms with Crippen molar-refractivity contribution in [2.75, 3.05) is 18.9 Å².